The van der Waals surface area contributed by atoms with Gasteiger partial charge in [-0.1, -0.05) is 6.92 Å². The van der Waals surface area contributed by atoms with Crippen molar-refractivity contribution < 1.29 is 4.79 Å². The highest BCUT2D eigenvalue weighted by molar-refractivity contribution is 5.79. The molecule has 0 aromatic heterocycles. The second-order valence-corrected chi connectivity index (χ2v) is 4.94. The molecule has 4 N–H and O–H groups in total. The van der Waals surface area contributed by atoms with Crippen LogP contribution < -0.4 is 16.4 Å². The first kappa shape index (κ1) is 13.7. The summed E-state index contributed by atoms with van der Waals surface area (Å²) in [5.41, 5.74) is 13.1. The quantitative estimate of drug-likeness (QED) is 0.781. The monoisotopic (exact) mass is 262 g/mol. The van der Waals surface area contributed by atoms with Gasteiger partial charge in [-0.05, 0) is 30.7 Å². The van der Waals surface area contributed by atoms with Crippen LogP contribution in [0.1, 0.15) is 13.3 Å². The SMILES string of the molecule is CCC(C(N)=O)N1CCN(c2ccc(N)cc2)CC1. The van der Waals surface area contributed by atoms with Gasteiger partial charge in [0.15, 0.2) is 0 Å². The molecule has 0 bridgehead atoms. The highest BCUT2D eigenvalue weighted by Crippen LogP contribution is 2.19. The summed E-state index contributed by atoms with van der Waals surface area (Å²) in [6, 6.07) is 7.78. The van der Waals surface area contributed by atoms with E-state index in [1.54, 1.807) is 0 Å². The van der Waals surface area contributed by atoms with Crippen molar-refractivity contribution in [2.75, 3.05) is 36.8 Å². The van der Waals surface area contributed by atoms with Crippen molar-refractivity contribution in [3.05, 3.63) is 24.3 Å². The molecule has 104 valence electrons. The molecule has 1 amide bonds. The Labute approximate surface area is 114 Å². The largest absolute Gasteiger partial charge is 0.399 e. The van der Waals surface area contributed by atoms with E-state index in [4.69, 9.17) is 11.5 Å². The van der Waals surface area contributed by atoms with Gasteiger partial charge in [0.2, 0.25) is 5.91 Å². The first-order valence-electron chi connectivity index (χ1n) is 6.75. The lowest BCUT2D eigenvalue weighted by atomic mass is 10.1. The number of carbonyl (C=O) groups excluding carboxylic acids is 1. The molecule has 1 aliphatic rings. The third-order valence-corrected chi connectivity index (χ3v) is 3.73. The Hall–Kier alpha value is -1.75. The number of nitrogens with two attached hydrogens (primary N) is 2. The Morgan fingerprint density at radius 3 is 2.26 bits per heavy atom. The zero-order valence-electron chi connectivity index (χ0n) is 11.4. The molecule has 1 aromatic carbocycles. The van der Waals surface area contributed by atoms with Crippen LogP contribution in [0.5, 0.6) is 0 Å². The summed E-state index contributed by atoms with van der Waals surface area (Å²) in [5, 5.41) is 0. The van der Waals surface area contributed by atoms with E-state index >= 15 is 0 Å². The Balaban J connectivity index is 1.95. The minimum absolute atomic E-state index is 0.131. The van der Waals surface area contributed by atoms with E-state index in [1.807, 2.05) is 31.2 Å². The minimum Gasteiger partial charge on any atom is -0.399 e. The van der Waals surface area contributed by atoms with Crippen molar-refractivity contribution in [3.63, 3.8) is 0 Å². The van der Waals surface area contributed by atoms with Crippen molar-refractivity contribution in [2.24, 2.45) is 5.73 Å². The Bertz CT molecular complexity index is 424. The normalized spacial score (nSPS) is 18.3. The van der Waals surface area contributed by atoms with Crippen LogP contribution in [0.2, 0.25) is 0 Å². The molecule has 1 aliphatic heterocycles. The molecule has 19 heavy (non-hydrogen) atoms. The molecule has 0 saturated carbocycles. The maximum absolute atomic E-state index is 11.4. The van der Waals surface area contributed by atoms with Crippen LogP contribution in [0.15, 0.2) is 24.3 Å². The van der Waals surface area contributed by atoms with E-state index in [0.717, 1.165) is 38.3 Å². The van der Waals surface area contributed by atoms with Crippen molar-refractivity contribution in [1.29, 1.82) is 0 Å². The Morgan fingerprint density at radius 1 is 1.21 bits per heavy atom. The predicted octanol–water partition coefficient (Wildman–Crippen LogP) is 0.655. The highest BCUT2D eigenvalue weighted by atomic mass is 16.1. The first-order valence-corrected chi connectivity index (χ1v) is 6.75. The number of primary amides is 1. The molecular weight excluding hydrogens is 240 g/mol. The van der Waals surface area contributed by atoms with Crippen LogP contribution in [0, 0.1) is 0 Å². The van der Waals surface area contributed by atoms with E-state index < -0.39 is 0 Å². The van der Waals surface area contributed by atoms with E-state index in [2.05, 4.69) is 9.80 Å². The molecule has 1 unspecified atom stereocenters. The summed E-state index contributed by atoms with van der Waals surface area (Å²) in [6.07, 6.45) is 0.775. The van der Waals surface area contributed by atoms with Gasteiger partial charge < -0.3 is 16.4 Å². The summed E-state index contributed by atoms with van der Waals surface area (Å²) in [7, 11) is 0. The Kier molecular flexibility index (Phi) is 4.27. The minimum atomic E-state index is -0.219. The summed E-state index contributed by atoms with van der Waals surface area (Å²) in [5.74, 6) is -0.219. The van der Waals surface area contributed by atoms with Gasteiger partial charge in [-0.15, -0.1) is 0 Å². The molecular formula is C14H22N4O. The molecule has 2 rings (SSSR count). The number of nitrogen functional groups attached to an aromatic ring is 1. The van der Waals surface area contributed by atoms with Crippen molar-refractivity contribution in [2.45, 2.75) is 19.4 Å². The number of hydrogen-bond donors (Lipinski definition) is 2. The van der Waals surface area contributed by atoms with Gasteiger partial charge in [0.1, 0.15) is 0 Å². The molecule has 0 radical (unpaired) electrons. The maximum Gasteiger partial charge on any atom is 0.234 e. The fraction of sp³-hybridized carbons (Fsp3) is 0.500. The summed E-state index contributed by atoms with van der Waals surface area (Å²) in [6.45, 7) is 5.56. The zero-order chi connectivity index (χ0) is 13.8. The van der Waals surface area contributed by atoms with Crippen LogP contribution in [0.4, 0.5) is 11.4 Å². The number of benzene rings is 1. The highest BCUT2D eigenvalue weighted by Gasteiger charge is 2.26. The third kappa shape index (κ3) is 3.17. The number of nitrogens with zero attached hydrogens (tertiary/aromatic N) is 2. The van der Waals surface area contributed by atoms with Crippen molar-refractivity contribution >= 4 is 17.3 Å². The standard InChI is InChI=1S/C14H22N4O/c1-2-13(14(16)19)18-9-7-17(8-10-18)12-5-3-11(15)4-6-12/h3-6,13H,2,7-10,15H2,1H3,(H2,16,19). The molecule has 5 nitrogen and oxygen atoms in total. The summed E-state index contributed by atoms with van der Waals surface area (Å²) < 4.78 is 0. The van der Waals surface area contributed by atoms with Gasteiger partial charge in [-0.2, -0.15) is 0 Å². The van der Waals surface area contributed by atoms with Crippen molar-refractivity contribution in [3.8, 4) is 0 Å². The number of carbonyl (C=O) groups is 1. The van der Waals surface area contributed by atoms with Gasteiger partial charge in [0.25, 0.3) is 0 Å². The molecule has 1 atom stereocenters. The predicted molar refractivity (Wildman–Crippen MR) is 77.9 cm³/mol. The van der Waals surface area contributed by atoms with E-state index in [-0.39, 0.29) is 11.9 Å². The van der Waals surface area contributed by atoms with Gasteiger partial charge in [-0.25, -0.2) is 0 Å². The fourth-order valence-corrected chi connectivity index (χ4v) is 2.62. The average molecular weight is 262 g/mol. The van der Waals surface area contributed by atoms with E-state index in [1.165, 1.54) is 5.69 Å². The van der Waals surface area contributed by atoms with Crippen LogP contribution >= 0.6 is 0 Å². The number of amides is 1. The molecule has 1 aromatic rings. The molecule has 0 spiro atoms. The van der Waals surface area contributed by atoms with Crippen LogP contribution in [0.3, 0.4) is 0 Å². The second-order valence-electron chi connectivity index (χ2n) is 4.94. The first-order chi connectivity index (χ1) is 9.11. The molecule has 0 aliphatic carbocycles. The number of anilines is 2. The molecule has 5 heteroatoms. The lowest BCUT2D eigenvalue weighted by Crippen LogP contribution is -2.54. The summed E-state index contributed by atoms with van der Waals surface area (Å²) in [4.78, 5) is 15.9. The van der Waals surface area contributed by atoms with Crippen LogP contribution in [-0.4, -0.2) is 43.0 Å². The van der Waals surface area contributed by atoms with Crippen molar-refractivity contribution in [1.82, 2.24) is 4.90 Å². The van der Waals surface area contributed by atoms with E-state index in [9.17, 15) is 4.79 Å². The van der Waals surface area contributed by atoms with Gasteiger partial charge >= 0.3 is 0 Å². The lowest BCUT2D eigenvalue weighted by Gasteiger charge is -2.39. The number of piperazine rings is 1. The zero-order valence-corrected chi connectivity index (χ0v) is 11.4. The second kappa shape index (κ2) is 5.93. The topological polar surface area (TPSA) is 75.6 Å². The van der Waals surface area contributed by atoms with Gasteiger partial charge in [0.05, 0.1) is 6.04 Å². The van der Waals surface area contributed by atoms with Crippen LogP contribution in [0.25, 0.3) is 0 Å². The Morgan fingerprint density at radius 2 is 1.79 bits per heavy atom. The van der Waals surface area contributed by atoms with Gasteiger partial charge in [0, 0.05) is 37.6 Å². The fourth-order valence-electron chi connectivity index (χ4n) is 2.62. The smallest absolute Gasteiger partial charge is 0.234 e. The molecule has 1 saturated heterocycles. The lowest BCUT2D eigenvalue weighted by molar-refractivity contribution is -0.123. The number of rotatable bonds is 4. The van der Waals surface area contributed by atoms with E-state index in [0.29, 0.717) is 0 Å². The average Bonchev–Trinajstić information content (AvgIpc) is 2.41. The third-order valence-electron chi connectivity index (χ3n) is 3.73. The van der Waals surface area contributed by atoms with Gasteiger partial charge in [-0.3, -0.25) is 9.69 Å². The molecule has 1 fully saturated rings. The number of hydrogen-bond acceptors (Lipinski definition) is 4. The molecule has 1 heterocycles. The summed E-state index contributed by atoms with van der Waals surface area (Å²) >= 11 is 0. The van der Waals surface area contributed by atoms with Crippen LogP contribution in [-0.2, 0) is 4.79 Å². The maximum atomic E-state index is 11.4.